The summed E-state index contributed by atoms with van der Waals surface area (Å²) >= 11 is 0. The number of urea groups is 1. The Morgan fingerprint density at radius 2 is 1.93 bits per heavy atom. The van der Waals surface area contributed by atoms with Gasteiger partial charge in [0.25, 0.3) is 0 Å². The molecule has 8 nitrogen and oxygen atoms in total. The molecule has 2 aliphatic heterocycles. The minimum Gasteiger partial charge on any atom is -0.342 e. The predicted octanol–water partition coefficient (Wildman–Crippen LogP) is 1.88. The fourth-order valence-electron chi connectivity index (χ4n) is 3.59. The van der Waals surface area contributed by atoms with Gasteiger partial charge in [0.15, 0.2) is 5.82 Å². The van der Waals surface area contributed by atoms with Gasteiger partial charge in [-0.25, -0.2) is 13.9 Å². The van der Waals surface area contributed by atoms with Crippen molar-refractivity contribution in [1.82, 2.24) is 19.6 Å². The summed E-state index contributed by atoms with van der Waals surface area (Å²) in [5, 5.41) is 4.40. The SMILES string of the molecule is CCN(CC)C(=O)CN1C(=O)N2CCN=C2c2cnn(-c3ccc(F)cc3)c21. The van der Waals surface area contributed by atoms with E-state index in [0.29, 0.717) is 49.1 Å². The van der Waals surface area contributed by atoms with Crippen LogP contribution in [0.4, 0.5) is 15.0 Å². The highest BCUT2D eigenvalue weighted by Gasteiger charge is 2.41. The topological polar surface area (TPSA) is 74.0 Å². The Kier molecular flexibility index (Phi) is 4.58. The van der Waals surface area contributed by atoms with Crippen molar-refractivity contribution in [3.8, 4) is 5.69 Å². The van der Waals surface area contributed by atoms with E-state index in [1.54, 1.807) is 32.8 Å². The summed E-state index contributed by atoms with van der Waals surface area (Å²) in [7, 11) is 0. The zero-order valence-corrected chi connectivity index (χ0v) is 15.8. The molecule has 9 heteroatoms. The summed E-state index contributed by atoms with van der Waals surface area (Å²) in [4.78, 5) is 35.0. The van der Waals surface area contributed by atoms with E-state index in [4.69, 9.17) is 0 Å². The zero-order valence-electron chi connectivity index (χ0n) is 15.8. The minimum atomic E-state index is -0.360. The molecule has 0 spiro atoms. The molecule has 3 amide bonds. The molecular weight excluding hydrogens is 363 g/mol. The molecule has 3 heterocycles. The van der Waals surface area contributed by atoms with Gasteiger partial charge in [-0.05, 0) is 38.1 Å². The Hall–Kier alpha value is -3.23. The number of aliphatic imine (C=N–C) groups is 1. The molecule has 146 valence electrons. The summed E-state index contributed by atoms with van der Waals surface area (Å²) < 4.78 is 14.9. The van der Waals surface area contributed by atoms with Crippen molar-refractivity contribution in [2.45, 2.75) is 13.8 Å². The zero-order chi connectivity index (χ0) is 19.8. The van der Waals surface area contributed by atoms with Crippen LogP contribution >= 0.6 is 0 Å². The second kappa shape index (κ2) is 7.06. The summed E-state index contributed by atoms with van der Waals surface area (Å²) in [6, 6.07) is 5.53. The first kappa shape index (κ1) is 18.1. The van der Waals surface area contributed by atoms with E-state index in [1.165, 1.54) is 17.0 Å². The lowest BCUT2D eigenvalue weighted by molar-refractivity contribution is -0.129. The third-order valence-corrected chi connectivity index (χ3v) is 5.02. The average Bonchev–Trinajstić information content (AvgIpc) is 3.34. The lowest BCUT2D eigenvalue weighted by atomic mass is 10.2. The van der Waals surface area contributed by atoms with Gasteiger partial charge in [-0.3, -0.25) is 19.6 Å². The predicted molar refractivity (Wildman–Crippen MR) is 102 cm³/mol. The molecule has 0 aliphatic carbocycles. The average molecular weight is 384 g/mol. The van der Waals surface area contributed by atoms with E-state index in [1.807, 2.05) is 13.8 Å². The van der Waals surface area contributed by atoms with Gasteiger partial charge in [0, 0.05) is 19.6 Å². The number of carbonyl (C=O) groups is 2. The molecule has 2 aromatic rings. The van der Waals surface area contributed by atoms with E-state index >= 15 is 0 Å². The number of halogens is 1. The van der Waals surface area contributed by atoms with Crippen LogP contribution in [0.5, 0.6) is 0 Å². The summed E-state index contributed by atoms with van der Waals surface area (Å²) in [6.45, 7) is 5.84. The van der Waals surface area contributed by atoms with Crippen LogP contribution < -0.4 is 4.90 Å². The highest BCUT2D eigenvalue weighted by atomic mass is 19.1. The maximum absolute atomic E-state index is 13.4. The molecule has 0 bridgehead atoms. The first-order chi connectivity index (χ1) is 13.5. The number of anilines is 1. The van der Waals surface area contributed by atoms with Crippen LogP contribution in [0.1, 0.15) is 19.4 Å². The molecule has 0 fully saturated rings. The molecule has 0 radical (unpaired) electrons. The molecule has 0 N–H and O–H groups in total. The van der Waals surface area contributed by atoms with Crippen LogP contribution in [0.3, 0.4) is 0 Å². The first-order valence-corrected chi connectivity index (χ1v) is 9.30. The number of benzene rings is 1. The quantitative estimate of drug-likeness (QED) is 0.790. The molecule has 4 rings (SSSR count). The molecule has 0 atom stereocenters. The van der Waals surface area contributed by atoms with Gasteiger partial charge in [0.2, 0.25) is 5.91 Å². The van der Waals surface area contributed by atoms with Crippen LogP contribution in [-0.4, -0.2) is 70.1 Å². The standard InChI is InChI=1S/C19H21FN6O2/c1-3-23(4-2)16(27)12-25-18-15(17-21-9-10-24(17)19(25)28)11-22-26(18)14-7-5-13(20)6-8-14/h5-8,11H,3-4,9-10,12H2,1-2H3. The van der Waals surface area contributed by atoms with E-state index in [2.05, 4.69) is 10.1 Å². The van der Waals surface area contributed by atoms with Crippen LogP contribution in [0, 0.1) is 5.82 Å². The number of rotatable bonds is 5. The molecular formula is C19H21FN6O2. The highest BCUT2D eigenvalue weighted by molar-refractivity contribution is 6.20. The number of carbonyl (C=O) groups excluding carboxylic acids is 2. The van der Waals surface area contributed by atoms with E-state index in [0.717, 1.165) is 0 Å². The number of hydrogen-bond donors (Lipinski definition) is 0. The van der Waals surface area contributed by atoms with Crippen molar-refractivity contribution in [3.05, 3.63) is 41.8 Å². The number of likely N-dealkylation sites (N-methyl/N-ethyl adjacent to an activating group) is 1. The Bertz CT molecular complexity index is 948. The van der Waals surface area contributed by atoms with Crippen molar-refractivity contribution in [2.75, 3.05) is 37.6 Å². The second-order valence-electron chi connectivity index (χ2n) is 6.56. The number of amidine groups is 1. The van der Waals surface area contributed by atoms with Crippen molar-refractivity contribution in [3.63, 3.8) is 0 Å². The van der Waals surface area contributed by atoms with Gasteiger partial charge in [-0.15, -0.1) is 0 Å². The van der Waals surface area contributed by atoms with Crippen molar-refractivity contribution in [1.29, 1.82) is 0 Å². The maximum atomic E-state index is 13.4. The third-order valence-electron chi connectivity index (χ3n) is 5.02. The Morgan fingerprint density at radius 1 is 1.21 bits per heavy atom. The van der Waals surface area contributed by atoms with Crippen LogP contribution in [0.15, 0.2) is 35.5 Å². The van der Waals surface area contributed by atoms with Crippen LogP contribution in [0.25, 0.3) is 5.69 Å². The van der Waals surface area contributed by atoms with Crippen molar-refractivity contribution in [2.24, 2.45) is 4.99 Å². The number of amides is 3. The highest BCUT2D eigenvalue weighted by Crippen LogP contribution is 2.32. The molecule has 28 heavy (non-hydrogen) atoms. The number of nitrogens with zero attached hydrogens (tertiary/aromatic N) is 6. The Morgan fingerprint density at radius 3 is 2.61 bits per heavy atom. The third kappa shape index (κ3) is 2.83. The van der Waals surface area contributed by atoms with E-state index < -0.39 is 0 Å². The van der Waals surface area contributed by atoms with E-state index in [9.17, 15) is 14.0 Å². The maximum Gasteiger partial charge on any atom is 0.331 e. The van der Waals surface area contributed by atoms with Gasteiger partial charge in [-0.1, -0.05) is 0 Å². The summed E-state index contributed by atoms with van der Waals surface area (Å²) in [5.74, 6) is 0.547. The first-order valence-electron chi connectivity index (χ1n) is 9.30. The van der Waals surface area contributed by atoms with Gasteiger partial charge < -0.3 is 4.90 Å². The fourth-order valence-corrected chi connectivity index (χ4v) is 3.59. The van der Waals surface area contributed by atoms with E-state index in [-0.39, 0.29) is 24.3 Å². The summed E-state index contributed by atoms with van der Waals surface area (Å²) in [6.07, 6.45) is 1.64. The Balaban J connectivity index is 1.80. The Labute approximate surface area is 161 Å². The lowest BCUT2D eigenvalue weighted by Gasteiger charge is -2.34. The molecule has 0 unspecified atom stereocenters. The minimum absolute atomic E-state index is 0.0931. The van der Waals surface area contributed by atoms with Gasteiger partial charge >= 0.3 is 6.03 Å². The second-order valence-corrected chi connectivity index (χ2v) is 6.56. The number of aromatic nitrogens is 2. The van der Waals surface area contributed by atoms with Crippen molar-refractivity contribution < 1.29 is 14.0 Å². The van der Waals surface area contributed by atoms with Crippen LogP contribution in [0.2, 0.25) is 0 Å². The van der Waals surface area contributed by atoms with Gasteiger partial charge in [0.1, 0.15) is 18.2 Å². The smallest absolute Gasteiger partial charge is 0.331 e. The largest absolute Gasteiger partial charge is 0.342 e. The van der Waals surface area contributed by atoms with Gasteiger partial charge in [0.05, 0.1) is 24.0 Å². The van der Waals surface area contributed by atoms with Crippen molar-refractivity contribution >= 4 is 23.6 Å². The summed E-state index contributed by atoms with van der Waals surface area (Å²) in [5.41, 5.74) is 1.29. The molecule has 1 aromatic carbocycles. The molecule has 2 aliphatic rings. The molecule has 0 saturated carbocycles. The number of hydrogen-bond acceptors (Lipinski definition) is 4. The van der Waals surface area contributed by atoms with Gasteiger partial charge in [-0.2, -0.15) is 5.10 Å². The normalized spacial score (nSPS) is 15.4. The molecule has 0 saturated heterocycles. The number of fused-ring (bicyclic) bond motifs is 3. The van der Waals surface area contributed by atoms with Crippen LogP contribution in [-0.2, 0) is 4.79 Å². The fraction of sp³-hybridized carbons (Fsp3) is 0.368. The lowest BCUT2D eigenvalue weighted by Crippen LogP contribution is -2.53. The molecule has 1 aromatic heterocycles. The monoisotopic (exact) mass is 384 g/mol.